The van der Waals surface area contributed by atoms with Gasteiger partial charge in [0.1, 0.15) is 5.82 Å². The van der Waals surface area contributed by atoms with Crippen LogP contribution in [0.15, 0.2) is 18.2 Å². The van der Waals surface area contributed by atoms with E-state index < -0.39 is 11.4 Å². The molecule has 0 aliphatic rings. The summed E-state index contributed by atoms with van der Waals surface area (Å²) in [6.07, 6.45) is 1.93. The van der Waals surface area contributed by atoms with E-state index in [2.05, 4.69) is 5.32 Å². The van der Waals surface area contributed by atoms with Gasteiger partial charge in [0.15, 0.2) is 0 Å². The molecule has 1 aromatic carbocycles. The van der Waals surface area contributed by atoms with Crippen LogP contribution < -0.4 is 5.32 Å². The lowest BCUT2D eigenvalue weighted by atomic mass is 10.1. The van der Waals surface area contributed by atoms with Gasteiger partial charge in [0.05, 0.1) is 17.2 Å². The maximum absolute atomic E-state index is 13.5. The normalized spacial score (nSPS) is 13.9. The van der Waals surface area contributed by atoms with Crippen molar-refractivity contribution in [3.8, 4) is 6.07 Å². The molecule has 0 spiro atoms. The van der Waals surface area contributed by atoms with Gasteiger partial charge >= 0.3 is 0 Å². The average molecular weight is 268 g/mol. The van der Waals surface area contributed by atoms with Gasteiger partial charge in [-0.3, -0.25) is 0 Å². The Balaban J connectivity index is 2.52. The van der Waals surface area contributed by atoms with Crippen LogP contribution in [0.25, 0.3) is 0 Å². The maximum atomic E-state index is 13.5. The van der Waals surface area contributed by atoms with Crippen molar-refractivity contribution in [3.63, 3.8) is 0 Å². The Labute approximate surface area is 111 Å². The first kappa shape index (κ1) is 15.0. The van der Waals surface area contributed by atoms with Gasteiger partial charge in [0, 0.05) is 24.4 Å². The molecule has 0 bridgehead atoms. The van der Waals surface area contributed by atoms with Crippen LogP contribution in [0, 0.1) is 17.1 Å². The SMILES string of the molecule is CSCC(C)(O)CNCc1ccc(C#N)cc1F. The largest absolute Gasteiger partial charge is 0.388 e. The van der Waals surface area contributed by atoms with Gasteiger partial charge < -0.3 is 10.4 Å². The van der Waals surface area contributed by atoms with E-state index in [1.165, 1.54) is 6.07 Å². The second kappa shape index (κ2) is 6.74. The monoisotopic (exact) mass is 268 g/mol. The summed E-state index contributed by atoms with van der Waals surface area (Å²) in [5, 5.41) is 21.6. The van der Waals surface area contributed by atoms with E-state index in [9.17, 15) is 9.50 Å². The van der Waals surface area contributed by atoms with Gasteiger partial charge in [-0.05, 0) is 25.3 Å². The molecule has 1 unspecified atom stereocenters. The van der Waals surface area contributed by atoms with Gasteiger partial charge in [0.25, 0.3) is 0 Å². The zero-order valence-electron chi connectivity index (χ0n) is 10.5. The lowest BCUT2D eigenvalue weighted by Gasteiger charge is -2.22. The summed E-state index contributed by atoms with van der Waals surface area (Å²) in [4.78, 5) is 0. The molecule has 0 aliphatic heterocycles. The van der Waals surface area contributed by atoms with E-state index in [0.717, 1.165) is 0 Å². The van der Waals surface area contributed by atoms with Crippen molar-refractivity contribution in [2.75, 3.05) is 18.6 Å². The van der Waals surface area contributed by atoms with Gasteiger partial charge in [0.2, 0.25) is 0 Å². The summed E-state index contributed by atoms with van der Waals surface area (Å²) >= 11 is 1.56. The van der Waals surface area contributed by atoms with Crippen molar-refractivity contribution in [2.45, 2.75) is 19.1 Å². The molecule has 2 N–H and O–H groups in total. The van der Waals surface area contributed by atoms with Crippen LogP contribution in [-0.4, -0.2) is 29.3 Å². The average Bonchev–Trinajstić information content (AvgIpc) is 2.31. The predicted molar refractivity (Wildman–Crippen MR) is 71.8 cm³/mol. The highest BCUT2D eigenvalue weighted by molar-refractivity contribution is 7.98. The number of rotatable bonds is 6. The number of nitrogens with one attached hydrogen (secondary N) is 1. The molecular formula is C13H17FN2OS. The molecule has 0 saturated heterocycles. The van der Waals surface area contributed by atoms with Crippen molar-refractivity contribution in [1.29, 1.82) is 5.26 Å². The van der Waals surface area contributed by atoms with Gasteiger partial charge in [-0.1, -0.05) is 6.07 Å². The molecule has 3 nitrogen and oxygen atoms in total. The lowest BCUT2D eigenvalue weighted by Crippen LogP contribution is -2.39. The van der Waals surface area contributed by atoms with E-state index in [4.69, 9.17) is 5.26 Å². The number of benzene rings is 1. The zero-order valence-corrected chi connectivity index (χ0v) is 11.4. The molecule has 0 heterocycles. The molecule has 0 aromatic heterocycles. The van der Waals surface area contributed by atoms with Crippen LogP contribution in [0.3, 0.4) is 0 Å². The number of hydrogen-bond donors (Lipinski definition) is 2. The van der Waals surface area contributed by atoms with Crippen LogP contribution in [0.4, 0.5) is 4.39 Å². The molecule has 0 aliphatic carbocycles. The number of aliphatic hydroxyl groups is 1. The van der Waals surface area contributed by atoms with Crippen LogP contribution in [0.1, 0.15) is 18.1 Å². The standard InChI is InChI=1S/C13H17FN2OS/c1-13(17,9-18-2)8-16-7-11-4-3-10(6-15)5-12(11)14/h3-5,16-17H,7-9H2,1-2H3. The Hall–Kier alpha value is -1.09. The van der Waals surface area contributed by atoms with Crippen LogP contribution in [-0.2, 0) is 6.54 Å². The maximum Gasteiger partial charge on any atom is 0.129 e. The number of nitriles is 1. The second-order valence-corrected chi connectivity index (χ2v) is 5.32. The summed E-state index contributed by atoms with van der Waals surface area (Å²) in [5.41, 5.74) is 0.00208. The summed E-state index contributed by atoms with van der Waals surface area (Å²) in [7, 11) is 0. The molecule has 1 rings (SSSR count). The molecule has 1 atom stereocenters. The minimum Gasteiger partial charge on any atom is -0.388 e. The molecule has 0 amide bonds. The Kier molecular flexibility index (Phi) is 5.60. The van der Waals surface area contributed by atoms with Crippen molar-refractivity contribution in [2.24, 2.45) is 0 Å². The highest BCUT2D eigenvalue weighted by atomic mass is 32.2. The molecule has 0 radical (unpaired) electrons. The van der Waals surface area contributed by atoms with Crippen LogP contribution >= 0.6 is 11.8 Å². The van der Waals surface area contributed by atoms with Crippen molar-refractivity contribution in [1.82, 2.24) is 5.32 Å². The number of hydrogen-bond acceptors (Lipinski definition) is 4. The van der Waals surface area contributed by atoms with Crippen molar-refractivity contribution >= 4 is 11.8 Å². The third kappa shape index (κ3) is 4.65. The van der Waals surface area contributed by atoms with E-state index in [1.807, 2.05) is 12.3 Å². The van der Waals surface area contributed by atoms with Gasteiger partial charge in [-0.2, -0.15) is 17.0 Å². The molecular weight excluding hydrogens is 251 g/mol. The molecule has 0 saturated carbocycles. The van der Waals surface area contributed by atoms with E-state index >= 15 is 0 Å². The number of thioether (sulfide) groups is 1. The van der Waals surface area contributed by atoms with Crippen molar-refractivity contribution < 1.29 is 9.50 Å². The van der Waals surface area contributed by atoms with E-state index in [-0.39, 0.29) is 0 Å². The molecule has 5 heteroatoms. The van der Waals surface area contributed by atoms with E-state index in [0.29, 0.717) is 30.0 Å². The first-order valence-corrected chi connectivity index (χ1v) is 6.98. The highest BCUT2D eigenvalue weighted by Crippen LogP contribution is 2.12. The predicted octanol–water partition coefficient (Wildman–Crippen LogP) is 1.90. The quantitative estimate of drug-likeness (QED) is 0.827. The van der Waals surface area contributed by atoms with Crippen LogP contribution in [0.5, 0.6) is 0 Å². The summed E-state index contributed by atoms with van der Waals surface area (Å²) < 4.78 is 13.5. The number of nitrogens with zero attached hydrogens (tertiary/aromatic N) is 1. The number of halogens is 1. The second-order valence-electron chi connectivity index (χ2n) is 4.45. The third-order valence-electron chi connectivity index (χ3n) is 2.46. The smallest absolute Gasteiger partial charge is 0.129 e. The van der Waals surface area contributed by atoms with E-state index in [1.54, 1.807) is 30.8 Å². The highest BCUT2D eigenvalue weighted by Gasteiger charge is 2.18. The summed E-state index contributed by atoms with van der Waals surface area (Å²) in [6.45, 7) is 2.47. The summed E-state index contributed by atoms with van der Waals surface area (Å²) in [5.74, 6) is 0.224. The van der Waals surface area contributed by atoms with Gasteiger partial charge in [-0.15, -0.1) is 0 Å². The topological polar surface area (TPSA) is 56.0 Å². The first-order valence-electron chi connectivity index (χ1n) is 5.59. The minimum atomic E-state index is -0.803. The first-order chi connectivity index (χ1) is 8.48. The fourth-order valence-electron chi connectivity index (χ4n) is 1.59. The Bertz CT molecular complexity index is 443. The lowest BCUT2D eigenvalue weighted by molar-refractivity contribution is 0.0845. The molecule has 18 heavy (non-hydrogen) atoms. The molecule has 0 fully saturated rings. The fraction of sp³-hybridized carbons (Fsp3) is 0.462. The fourth-order valence-corrected chi connectivity index (χ4v) is 2.31. The molecule has 1 aromatic rings. The summed E-state index contributed by atoms with van der Waals surface area (Å²) in [6, 6.07) is 6.28. The zero-order chi connectivity index (χ0) is 13.6. The Morgan fingerprint density at radius 3 is 2.83 bits per heavy atom. The Morgan fingerprint density at radius 2 is 2.28 bits per heavy atom. The Morgan fingerprint density at radius 1 is 1.56 bits per heavy atom. The molecule has 98 valence electrons. The van der Waals surface area contributed by atoms with Crippen LogP contribution in [0.2, 0.25) is 0 Å². The van der Waals surface area contributed by atoms with Gasteiger partial charge in [-0.25, -0.2) is 4.39 Å². The minimum absolute atomic E-state index is 0.311. The third-order valence-corrected chi connectivity index (χ3v) is 3.37. The van der Waals surface area contributed by atoms with Crippen molar-refractivity contribution in [3.05, 3.63) is 35.1 Å².